The number of hydrogen-bond acceptors (Lipinski definition) is 4. The lowest BCUT2D eigenvalue weighted by Gasteiger charge is -2.19. The summed E-state index contributed by atoms with van der Waals surface area (Å²) < 4.78 is 5.49. The second-order valence-electron chi connectivity index (χ2n) is 5.16. The lowest BCUT2D eigenvalue weighted by atomic mass is 10.1. The molecule has 0 amide bonds. The Morgan fingerprint density at radius 2 is 2.12 bits per heavy atom. The van der Waals surface area contributed by atoms with Gasteiger partial charge in [-0.25, -0.2) is 4.98 Å². The van der Waals surface area contributed by atoms with Gasteiger partial charge < -0.3 is 9.73 Å². The summed E-state index contributed by atoms with van der Waals surface area (Å²) in [6, 6.07) is 4.13. The monoisotopic (exact) mass is 250 g/mol. The van der Waals surface area contributed by atoms with Crippen LogP contribution >= 0.6 is 11.3 Å². The van der Waals surface area contributed by atoms with Crippen molar-refractivity contribution in [3.05, 3.63) is 29.0 Å². The molecule has 0 saturated carbocycles. The third-order valence-corrected chi connectivity index (χ3v) is 3.29. The molecule has 1 N–H and O–H groups in total. The third-order valence-electron chi connectivity index (χ3n) is 2.30. The van der Waals surface area contributed by atoms with Gasteiger partial charge in [-0.2, -0.15) is 0 Å². The number of oxazole rings is 1. The van der Waals surface area contributed by atoms with Crippen LogP contribution in [0.2, 0.25) is 0 Å². The lowest BCUT2D eigenvalue weighted by molar-refractivity contribution is 0.421. The van der Waals surface area contributed by atoms with Gasteiger partial charge in [-0.05, 0) is 39.8 Å². The highest BCUT2D eigenvalue weighted by Gasteiger charge is 2.12. The highest BCUT2D eigenvalue weighted by Crippen LogP contribution is 2.26. The summed E-state index contributed by atoms with van der Waals surface area (Å²) in [7, 11) is 0. The first-order valence-corrected chi connectivity index (χ1v) is 6.52. The van der Waals surface area contributed by atoms with E-state index in [1.165, 1.54) is 4.88 Å². The largest absolute Gasteiger partial charge is 0.444 e. The van der Waals surface area contributed by atoms with E-state index in [0.29, 0.717) is 5.89 Å². The SMILES string of the molecule is Cc1ccc(-c2nc(CNC(C)(C)C)co2)s1. The standard InChI is InChI=1S/C13H18N2OS/c1-9-5-6-11(17-9)12-15-10(8-16-12)7-14-13(2,3)4/h5-6,8,14H,7H2,1-4H3. The van der Waals surface area contributed by atoms with Crippen LogP contribution in [-0.4, -0.2) is 10.5 Å². The van der Waals surface area contributed by atoms with Crippen molar-refractivity contribution in [2.24, 2.45) is 0 Å². The molecule has 2 aromatic rings. The molecule has 17 heavy (non-hydrogen) atoms. The second-order valence-corrected chi connectivity index (χ2v) is 6.45. The summed E-state index contributed by atoms with van der Waals surface area (Å²) in [5.41, 5.74) is 1.04. The molecule has 0 aliphatic carbocycles. The molecular formula is C13H18N2OS. The van der Waals surface area contributed by atoms with Crippen LogP contribution in [0.15, 0.2) is 22.8 Å². The van der Waals surface area contributed by atoms with Gasteiger partial charge in [0.25, 0.3) is 0 Å². The predicted molar refractivity (Wildman–Crippen MR) is 71.1 cm³/mol. The summed E-state index contributed by atoms with van der Waals surface area (Å²) in [4.78, 5) is 6.84. The van der Waals surface area contributed by atoms with E-state index < -0.39 is 0 Å². The zero-order valence-corrected chi connectivity index (χ0v) is 11.5. The van der Waals surface area contributed by atoms with Crippen molar-refractivity contribution in [2.75, 3.05) is 0 Å². The normalized spacial score (nSPS) is 12.0. The summed E-state index contributed by atoms with van der Waals surface area (Å²) in [6.45, 7) is 9.22. The molecule has 0 radical (unpaired) electrons. The molecule has 2 heterocycles. The van der Waals surface area contributed by atoms with Crippen molar-refractivity contribution in [3.8, 4) is 10.8 Å². The molecule has 2 aromatic heterocycles. The first-order valence-electron chi connectivity index (χ1n) is 5.70. The van der Waals surface area contributed by atoms with Gasteiger partial charge >= 0.3 is 0 Å². The first kappa shape index (κ1) is 12.3. The van der Waals surface area contributed by atoms with Gasteiger partial charge in [0.05, 0.1) is 10.6 Å². The minimum absolute atomic E-state index is 0.0959. The lowest BCUT2D eigenvalue weighted by Crippen LogP contribution is -2.35. The number of aryl methyl sites for hydroxylation is 1. The third kappa shape index (κ3) is 3.41. The zero-order valence-electron chi connectivity index (χ0n) is 10.7. The average Bonchev–Trinajstić information content (AvgIpc) is 2.81. The van der Waals surface area contributed by atoms with E-state index in [0.717, 1.165) is 17.1 Å². The molecule has 4 heteroatoms. The van der Waals surface area contributed by atoms with Crippen molar-refractivity contribution in [1.29, 1.82) is 0 Å². The summed E-state index contributed by atoms with van der Waals surface area (Å²) in [6.07, 6.45) is 1.73. The van der Waals surface area contributed by atoms with Crippen molar-refractivity contribution in [1.82, 2.24) is 10.3 Å². The molecule has 0 spiro atoms. The predicted octanol–water partition coefficient (Wildman–Crippen LogP) is 3.60. The van der Waals surface area contributed by atoms with Gasteiger partial charge in [-0.15, -0.1) is 11.3 Å². The molecule has 0 aromatic carbocycles. The molecule has 3 nitrogen and oxygen atoms in total. The van der Waals surface area contributed by atoms with Gasteiger partial charge in [-0.3, -0.25) is 0 Å². The Labute approximate surface area is 106 Å². The number of nitrogens with one attached hydrogen (secondary N) is 1. The van der Waals surface area contributed by atoms with E-state index in [9.17, 15) is 0 Å². The Morgan fingerprint density at radius 3 is 2.71 bits per heavy atom. The number of hydrogen-bond donors (Lipinski definition) is 1. The Balaban J connectivity index is 2.06. The fraction of sp³-hybridized carbons (Fsp3) is 0.462. The number of rotatable bonds is 3. The molecule has 0 aliphatic rings. The van der Waals surface area contributed by atoms with E-state index in [1.54, 1.807) is 17.6 Å². The Morgan fingerprint density at radius 1 is 1.35 bits per heavy atom. The van der Waals surface area contributed by atoms with Crippen LogP contribution in [0.1, 0.15) is 31.3 Å². The minimum atomic E-state index is 0.0959. The van der Waals surface area contributed by atoms with Crippen LogP contribution in [0, 0.1) is 6.92 Å². The topological polar surface area (TPSA) is 38.1 Å². The molecule has 2 rings (SSSR count). The van der Waals surface area contributed by atoms with Crippen molar-refractivity contribution in [2.45, 2.75) is 39.8 Å². The van der Waals surface area contributed by atoms with E-state index >= 15 is 0 Å². The van der Waals surface area contributed by atoms with E-state index in [1.807, 2.05) is 6.07 Å². The molecule has 0 saturated heterocycles. The van der Waals surface area contributed by atoms with E-state index in [4.69, 9.17) is 4.42 Å². The van der Waals surface area contributed by atoms with Crippen LogP contribution in [0.3, 0.4) is 0 Å². The Kier molecular flexibility index (Phi) is 3.35. The maximum Gasteiger partial charge on any atom is 0.236 e. The highest BCUT2D eigenvalue weighted by atomic mass is 32.1. The average molecular weight is 250 g/mol. The second kappa shape index (κ2) is 4.63. The minimum Gasteiger partial charge on any atom is -0.444 e. The Hall–Kier alpha value is -1.13. The fourth-order valence-corrected chi connectivity index (χ4v) is 2.21. The van der Waals surface area contributed by atoms with Gasteiger partial charge in [0.15, 0.2) is 0 Å². The summed E-state index contributed by atoms with van der Waals surface area (Å²) in [5.74, 6) is 0.716. The van der Waals surface area contributed by atoms with E-state index in [2.05, 4.69) is 44.1 Å². The molecule has 0 atom stereocenters. The summed E-state index contributed by atoms with van der Waals surface area (Å²) in [5, 5.41) is 3.39. The first-order chi connectivity index (χ1) is 7.94. The van der Waals surface area contributed by atoms with Crippen LogP contribution in [0.4, 0.5) is 0 Å². The molecule has 0 bridgehead atoms. The maximum absolute atomic E-state index is 5.49. The summed E-state index contributed by atoms with van der Waals surface area (Å²) >= 11 is 1.70. The molecule has 0 aliphatic heterocycles. The number of thiophene rings is 1. The quantitative estimate of drug-likeness (QED) is 0.904. The number of nitrogens with zero attached hydrogens (tertiary/aromatic N) is 1. The van der Waals surface area contributed by atoms with Gasteiger partial charge in [0.1, 0.15) is 6.26 Å². The number of aromatic nitrogens is 1. The zero-order chi connectivity index (χ0) is 12.5. The highest BCUT2D eigenvalue weighted by molar-refractivity contribution is 7.15. The van der Waals surface area contributed by atoms with Crippen LogP contribution < -0.4 is 5.32 Å². The maximum atomic E-state index is 5.49. The molecule has 0 unspecified atom stereocenters. The molecule has 0 fully saturated rings. The van der Waals surface area contributed by atoms with Gasteiger partial charge in [-0.1, -0.05) is 0 Å². The molecular weight excluding hydrogens is 232 g/mol. The van der Waals surface area contributed by atoms with Crippen molar-refractivity contribution < 1.29 is 4.42 Å². The van der Waals surface area contributed by atoms with E-state index in [-0.39, 0.29) is 5.54 Å². The smallest absolute Gasteiger partial charge is 0.236 e. The fourth-order valence-electron chi connectivity index (χ4n) is 1.41. The van der Waals surface area contributed by atoms with Gasteiger partial charge in [0.2, 0.25) is 5.89 Å². The Bertz CT molecular complexity index is 493. The van der Waals surface area contributed by atoms with Crippen LogP contribution in [0.25, 0.3) is 10.8 Å². The van der Waals surface area contributed by atoms with Gasteiger partial charge in [0, 0.05) is 17.0 Å². The van der Waals surface area contributed by atoms with Crippen molar-refractivity contribution >= 4 is 11.3 Å². The van der Waals surface area contributed by atoms with Crippen LogP contribution in [-0.2, 0) is 6.54 Å². The van der Waals surface area contributed by atoms with Crippen LogP contribution in [0.5, 0.6) is 0 Å². The molecule has 92 valence electrons. The van der Waals surface area contributed by atoms with Crippen molar-refractivity contribution in [3.63, 3.8) is 0 Å².